The minimum absolute atomic E-state index is 0.627. The summed E-state index contributed by atoms with van der Waals surface area (Å²) in [6.07, 6.45) is 0. The van der Waals surface area contributed by atoms with Gasteiger partial charge in [-0.1, -0.05) is 17.0 Å². The third-order valence-corrected chi connectivity index (χ3v) is 2.21. The molecular weight excluding hydrogens is 279 g/mol. The monoisotopic (exact) mass is 285 g/mol. The molecule has 0 radical (unpaired) electrons. The summed E-state index contributed by atoms with van der Waals surface area (Å²) < 4.78 is 57.5. The summed E-state index contributed by atoms with van der Waals surface area (Å²) >= 11 is 0. The van der Waals surface area contributed by atoms with Crippen LogP contribution in [0.3, 0.4) is 0 Å². The highest BCUT2D eigenvalue weighted by Crippen LogP contribution is 2.20. The summed E-state index contributed by atoms with van der Waals surface area (Å²) in [5.41, 5.74) is -4.21. The molecular formula is C7H6F3N3O4S. The normalized spacial score (nSPS) is 12.0. The van der Waals surface area contributed by atoms with E-state index in [1.54, 1.807) is 12.1 Å². The van der Waals surface area contributed by atoms with E-state index in [-0.39, 0.29) is 0 Å². The van der Waals surface area contributed by atoms with Gasteiger partial charge in [-0.05, 0) is 17.3 Å². The zero-order valence-corrected chi connectivity index (χ0v) is 9.22. The maximum absolute atomic E-state index is 10.7. The Morgan fingerprint density at radius 3 is 2.17 bits per heavy atom. The second-order valence-electron chi connectivity index (χ2n) is 2.89. The summed E-state index contributed by atoms with van der Waals surface area (Å²) in [4.78, 5) is 0.759. The van der Waals surface area contributed by atoms with E-state index in [0.717, 1.165) is 4.85 Å². The minimum atomic E-state index is -5.84. The van der Waals surface area contributed by atoms with Gasteiger partial charge in [0.2, 0.25) is 0 Å². The molecule has 1 heterocycles. The smallest absolute Gasteiger partial charge is 0.410 e. The fourth-order valence-electron chi connectivity index (χ4n) is 0.857. The highest BCUT2D eigenvalue weighted by Gasteiger charge is 2.44. The van der Waals surface area contributed by atoms with Crippen molar-refractivity contribution in [3.05, 3.63) is 24.3 Å². The van der Waals surface area contributed by atoms with Gasteiger partial charge in [-0.15, -0.1) is 5.10 Å². The Bertz CT molecular complexity index is 637. The van der Waals surface area contributed by atoms with Crippen molar-refractivity contribution in [2.75, 3.05) is 0 Å². The number of rotatable bonds is 0. The predicted octanol–water partition coefficient (Wildman–Crippen LogP) is 1.06. The molecule has 0 amide bonds. The zero-order valence-electron chi connectivity index (χ0n) is 8.40. The number of hydrogen-bond donors (Lipinski definition) is 2. The molecule has 0 aliphatic rings. The summed E-state index contributed by atoms with van der Waals surface area (Å²) in [6.45, 7) is 0. The lowest BCUT2D eigenvalue weighted by atomic mass is 10.3. The van der Waals surface area contributed by atoms with E-state index in [9.17, 15) is 13.2 Å². The van der Waals surface area contributed by atoms with Crippen molar-refractivity contribution in [2.24, 2.45) is 0 Å². The minimum Gasteiger partial charge on any atom is -0.410 e. The molecule has 0 fully saturated rings. The second kappa shape index (κ2) is 4.78. The number of hydrogen-bond acceptors (Lipinski definition) is 5. The molecule has 0 unspecified atom stereocenters. The predicted molar refractivity (Wildman–Crippen MR) is 52.3 cm³/mol. The molecule has 0 atom stereocenters. The SMILES string of the molecule is O=S(=O)(O)C(F)(F)F.On1nnc2ccccc21. The van der Waals surface area contributed by atoms with E-state index in [0.29, 0.717) is 11.0 Å². The number of aromatic nitrogens is 3. The maximum Gasteiger partial charge on any atom is 0.522 e. The molecule has 0 saturated heterocycles. The van der Waals surface area contributed by atoms with Crippen LogP contribution in [0.4, 0.5) is 13.2 Å². The first kappa shape index (κ1) is 14.2. The van der Waals surface area contributed by atoms with Crippen LogP contribution in [-0.4, -0.2) is 38.8 Å². The van der Waals surface area contributed by atoms with Crippen LogP contribution >= 0.6 is 0 Å². The van der Waals surface area contributed by atoms with Crippen molar-refractivity contribution in [2.45, 2.75) is 5.51 Å². The topological polar surface area (TPSA) is 105 Å². The van der Waals surface area contributed by atoms with Gasteiger partial charge in [-0.2, -0.15) is 21.6 Å². The van der Waals surface area contributed by atoms with Gasteiger partial charge in [0, 0.05) is 0 Å². The standard InChI is InChI=1S/C6H5N3O.CHF3O3S/c10-9-6-4-2-1-3-5(6)7-8-9;2-1(3,4)8(5,6)7/h1-4,10H;(H,5,6,7). The van der Waals surface area contributed by atoms with Crippen LogP contribution < -0.4 is 0 Å². The first-order chi connectivity index (χ1) is 8.13. The van der Waals surface area contributed by atoms with E-state index >= 15 is 0 Å². The van der Waals surface area contributed by atoms with E-state index in [1.807, 2.05) is 12.1 Å². The molecule has 18 heavy (non-hydrogen) atoms. The van der Waals surface area contributed by atoms with Crippen LogP contribution in [-0.2, 0) is 10.1 Å². The van der Waals surface area contributed by atoms with Gasteiger partial charge in [0.05, 0.1) is 0 Å². The Morgan fingerprint density at radius 1 is 1.22 bits per heavy atom. The van der Waals surface area contributed by atoms with Gasteiger partial charge in [-0.3, -0.25) is 4.55 Å². The molecule has 0 saturated carbocycles. The Labute approximate surface area is 98.2 Å². The molecule has 0 aliphatic carbocycles. The average molecular weight is 285 g/mol. The van der Waals surface area contributed by atoms with Crippen LogP contribution in [0.2, 0.25) is 0 Å². The quantitative estimate of drug-likeness (QED) is 0.426. The maximum atomic E-state index is 10.7. The molecule has 0 bridgehead atoms. The number of para-hydroxylation sites is 1. The number of fused-ring (bicyclic) bond motifs is 1. The van der Waals surface area contributed by atoms with Gasteiger partial charge in [0.15, 0.2) is 0 Å². The molecule has 2 aromatic rings. The van der Waals surface area contributed by atoms with Crippen LogP contribution in [0, 0.1) is 0 Å². The lowest BCUT2D eigenvalue weighted by Crippen LogP contribution is -2.21. The lowest BCUT2D eigenvalue weighted by molar-refractivity contribution is -0.0510. The summed E-state index contributed by atoms with van der Waals surface area (Å²) in [5.74, 6) is 0. The fourth-order valence-corrected chi connectivity index (χ4v) is 0.857. The van der Waals surface area contributed by atoms with Gasteiger partial charge >= 0.3 is 15.6 Å². The number of alkyl halides is 3. The number of benzene rings is 1. The number of halogens is 3. The molecule has 7 nitrogen and oxygen atoms in total. The lowest BCUT2D eigenvalue weighted by Gasteiger charge is -1.97. The van der Waals surface area contributed by atoms with Gasteiger partial charge in [0.25, 0.3) is 0 Å². The van der Waals surface area contributed by atoms with E-state index in [2.05, 4.69) is 10.3 Å². The third-order valence-electron chi connectivity index (χ3n) is 1.63. The van der Waals surface area contributed by atoms with Crippen molar-refractivity contribution in [1.29, 1.82) is 0 Å². The fraction of sp³-hybridized carbons (Fsp3) is 0.143. The molecule has 0 aliphatic heterocycles. The van der Waals surface area contributed by atoms with E-state index < -0.39 is 15.6 Å². The first-order valence-corrected chi connectivity index (χ1v) is 5.60. The molecule has 11 heteroatoms. The summed E-state index contributed by atoms with van der Waals surface area (Å²) in [7, 11) is -5.84. The largest absolute Gasteiger partial charge is 0.522 e. The Kier molecular flexibility index (Phi) is 3.76. The average Bonchev–Trinajstić information content (AvgIpc) is 2.59. The molecule has 1 aromatic carbocycles. The van der Waals surface area contributed by atoms with Crippen LogP contribution in [0.15, 0.2) is 24.3 Å². The van der Waals surface area contributed by atoms with E-state index in [1.165, 1.54) is 0 Å². The summed E-state index contributed by atoms with van der Waals surface area (Å²) in [5, 5.41) is 16.1. The van der Waals surface area contributed by atoms with Crippen molar-refractivity contribution < 1.29 is 31.3 Å². The Morgan fingerprint density at radius 2 is 1.72 bits per heavy atom. The molecule has 2 N–H and O–H groups in total. The van der Waals surface area contributed by atoms with Gasteiger partial charge < -0.3 is 5.21 Å². The molecule has 100 valence electrons. The van der Waals surface area contributed by atoms with Crippen LogP contribution in [0.5, 0.6) is 0 Å². The van der Waals surface area contributed by atoms with Crippen molar-refractivity contribution in [1.82, 2.24) is 15.2 Å². The summed E-state index contributed by atoms with van der Waals surface area (Å²) in [6, 6.07) is 7.19. The third kappa shape index (κ3) is 3.30. The van der Waals surface area contributed by atoms with Gasteiger partial charge in [-0.25, -0.2) is 0 Å². The molecule has 0 spiro atoms. The van der Waals surface area contributed by atoms with Crippen molar-refractivity contribution in [3.63, 3.8) is 0 Å². The second-order valence-corrected chi connectivity index (χ2v) is 4.30. The number of nitrogens with zero attached hydrogens (tertiary/aromatic N) is 3. The van der Waals surface area contributed by atoms with Crippen LogP contribution in [0.1, 0.15) is 0 Å². The first-order valence-electron chi connectivity index (χ1n) is 4.16. The van der Waals surface area contributed by atoms with Crippen LogP contribution in [0.25, 0.3) is 11.0 Å². The highest BCUT2D eigenvalue weighted by atomic mass is 32.2. The van der Waals surface area contributed by atoms with Gasteiger partial charge in [0.1, 0.15) is 11.0 Å². The van der Waals surface area contributed by atoms with E-state index in [4.69, 9.17) is 18.2 Å². The zero-order chi connectivity index (χ0) is 14.0. The van der Waals surface area contributed by atoms with Crippen molar-refractivity contribution >= 4 is 21.2 Å². The Balaban J connectivity index is 0.000000187. The Hall–Kier alpha value is -1.88. The highest BCUT2D eigenvalue weighted by molar-refractivity contribution is 7.86. The molecule has 2 rings (SSSR count). The van der Waals surface area contributed by atoms with Crippen molar-refractivity contribution in [3.8, 4) is 0 Å². The molecule has 1 aromatic heterocycles.